The Kier molecular flexibility index (Phi) is 4.88. The summed E-state index contributed by atoms with van der Waals surface area (Å²) in [4.78, 5) is 27.9. The van der Waals surface area contributed by atoms with Crippen molar-refractivity contribution >= 4 is 17.6 Å². The van der Waals surface area contributed by atoms with Crippen LogP contribution in [0.15, 0.2) is 24.3 Å². The van der Waals surface area contributed by atoms with Crippen molar-refractivity contribution in [1.29, 1.82) is 0 Å². The molecule has 0 aliphatic rings. The topological polar surface area (TPSA) is 88.9 Å². The molecule has 0 fully saturated rings. The minimum Gasteiger partial charge on any atom is -0.350 e. The van der Waals surface area contributed by atoms with E-state index >= 15 is 0 Å². The maximum absolute atomic E-state index is 11.9. The maximum atomic E-state index is 11.9. The van der Waals surface area contributed by atoms with Crippen LogP contribution in [0.5, 0.6) is 0 Å². The van der Waals surface area contributed by atoms with Crippen LogP contribution in [0.2, 0.25) is 0 Å². The molecule has 7 heteroatoms. The third kappa shape index (κ3) is 4.15. The number of hydrogen-bond acceptors (Lipinski definition) is 4. The van der Waals surface area contributed by atoms with Crippen LogP contribution in [0.25, 0.3) is 0 Å². The highest BCUT2D eigenvalue weighted by atomic mass is 16.2. The summed E-state index contributed by atoms with van der Waals surface area (Å²) in [7, 11) is 1.71. The van der Waals surface area contributed by atoms with Gasteiger partial charge in [0, 0.05) is 25.7 Å². The molecule has 0 radical (unpaired) electrons. The van der Waals surface area contributed by atoms with Crippen LogP contribution in [-0.4, -0.2) is 33.1 Å². The van der Waals surface area contributed by atoms with Gasteiger partial charge in [0.05, 0.1) is 5.69 Å². The van der Waals surface area contributed by atoms with Gasteiger partial charge in [0.15, 0.2) is 0 Å². The van der Waals surface area contributed by atoms with Crippen LogP contribution in [0.4, 0.5) is 5.82 Å². The van der Waals surface area contributed by atoms with Gasteiger partial charge < -0.3 is 10.6 Å². The second-order valence-electron chi connectivity index (χ2n) is 5.01. The number of amides is 2. The molecular formula is C15H19N5O2. The number of pyridine rings is 1. The number of anilines is 1. The van der Waals surface area contributed by atoms with Gasteiger partial charge in [-0.3, -0.25) is 14.3 Å². The Hall–Kier alpha value is -2.70. The van der Waals surface area contributed by atoms with E-state index in [9.17, 15) is 9.59 Å². The largest absolute Gasteiger partial charge is 0.350 e. The van der Waals surface area contributed by atoms with Gasteiger partial charge in [-0.25, -0.2) is 4.98 Å². The SMILES string of the molecule is Cc1cccc(NC(=O)CCNC(=O)c2cc(C)nn2C)n1. The lowest BCUT2D eigenvalue weighted by Gasteiger charge is -2.06. The Morgan fingerprint density at radius 1 is 1.23 bits per heavy atom. The van der Waals surface area contributed by atoms with Crippen molar-refractivity contribution < 1.29 is 9.59 Å². The van der Waals surface area contributed by atoms with Gasteiger partial charge in [-0.15, -0.1) is 0 Å². The van der Waals surface area contributed by atoms with Gasteiger partial charge in [-0.1, -0.05) is 6.07 Å². The van der Waals surface area contributed by atoms with Crippen molar-refractivity contribution in [1.82, 2.24) is 20.1 Å². The molecule has 0 atom stereocenters. The molecule has 116 valence electrons. The number of rotatable bonds is 5. The van der Waals surface area contributed by atoms with Gasteiger partial charge in [-0.05, 0) is 32.0 Å². The molecule has 0 saturated carbocycles. The van der Waals surface area contributed by atoms with Crippen molar-refractivity contribution in [3.05, 3.63) is 41.3 Å². The molecule has 0 saturated heterocycles. The fourth-order valence-electron chi connectivity index (χ4n) is 2.02. The van der Waals surface area contributed by atoms with E-state index in [0.717, 1.165) is 11.4 Å². The summed E-state index contributed by atoms with van der Waals surface area (Å²) in [5.41, 5.74) is 2.08. The summed E-state index contributed by atoms with van der Waals surface area (Å²) in [6.45, 7) is 3.92. The van der Waals surface area contributed by atoms with Crippen LogP contribution >= 0.6 is 0 Å². The smallest absolute Gasteiger partial charge is 0.269 e. The van der Waals surface area contributed by atoms with E-state index < -0.39 is 0 Å². The second kappa shape index (κ2) is 6.84. The van der Waals surface area contributed by atoms with E-state index in [2.05, 4.69) is 20.7 Å². The molecular weight excluding hydrogens is 282 g/mol. The van der Waals surface area contributed by atoms with Crippen LogP contribution in [0, 0.1) is 13.8 Å². The maximum Gasteiger partial charge on any atom is 0.269 e. The third-order valence-corrected chi connectivity index (χ3v) is 3.03. The van der Waals surface area contributed by atoms with Crippen molar-refractivity contribution in [2.45, 2.75) is 20.3 Å². The number of carbonyl (C=O) groups excluding carboxylic acids is 2. The average Bonchev–Trinajstić information content (AvgIpc) is 2.77. The lowest BCUT2D eigenvalue weighted by molar-refractivity contribution is -0.116. The first-order valence-corrected chi connectivity index (χ1v) is 6.98. The highest BCUT2D eigenvalue weighted by Crippen LogP contribution is 2.04. The summed E-state index contributed by atoms with van der Waals surface area (Å²) in [6, 6.07) is 7.10. The monoisotopic (exact) mass is 301 g/mol. The predicted molar refractivity (Wildman–Crippen MR) is 82.5 cm³/mol. The first kappa shape index (κ1) is 15.7. The van der Waals surface area contributed by atoms with Crippen molar-refractivity contribution in [3.8, 4) is 0 Å². The fraction of sp³-hybridized carbons (Fsp3) is 0.333. The third-order valence-electron chi connectivity index (χ3n) is 3.03. The number of nitrogens with zero attached hydrogens (tertiary/aromatic N) is 3. The Morgan fingerprint density at radius 2 is 2.00 bits per heavy atom. The zero-order valence-corrected chi connectivity index (χ0v) is 12.9. The molecule has 0 spiro atoms. The standard InChI is InChI=1S/C15H19N5O2/c1-10-5-4-6-13(17-10)18-14(21)7-8-16-15(22)12-9-11(2)19-20(12)3/h4-6,9H,7-8H2,1-3H3,(H,16,22)(H,17,18,21). The molecule has 2 N–H and O–H groups in total. The van der Waals surface area contributed by atoms with Crippen molar-refractivity contribution in [2.24, 2.45) is 7.05 Å². The predicted octanol–water partition coefficient (Wildman–Crippen LogP) is 1.19. The second-order valence-corrected chi connectivity index (χ2v) is 5.01. The minimum absolute atomic E-state index is 0.179. The van der Waals surface area contributed by atoms with E-state index in [1.165, 1.54) is 4.68 Å². The molecule has 7 nitrogen and oxygen atoms in total. The van der Waals surface area contributed by atoms with Gasteiger partial charge in [0.2, 0.25) is 5.91 Å². The van der Waals surface area contributed by atoms with Crippen LogP contribution in [0.1, 0.15) is 28.3 Å². The molecule has 22 heavy (non-hydrogen) atoms. The molecule has 2 heterocycles. The van der Waals surface area contributed by atoms with Crippen LogP contribution in [0.3, 0.4) is 0 Å². The van der Waals surface area contributed by atoms with Gasteiger partial charge in [0.25, 0.3) is 5.91 Å². The quantitative estimate of drug-likeness (QED) is 0.868. The number of nitrogens with one attached hydrogen (secondary N) is 2. The van der Waals surface area contributed by atoms with Gasteiger partial charge >= 0.3 is 0 Å². The molecule has 0 aromatic carbocycles. The Morgan fingerprint density at radius 3 is 2.64 bits per heavy atom. The molecule has 2 aromatic heterocycles. The number of aromatic nitrogens is 3. The first-order chi connectivity index (χ1) is 10.5. The first-order valence-electron chi connectivity index (χ1n) is 6.98. The zero-order valence-electron chi connectivity index (χ0n) is 12.9. The Labute approximate surface area is 128 Å². The molecule has 2 amide bonds. The van der Waals surface area contributed by atoms with Gasteiger partial charge in [-0.2, -0.15) is 5.10 Å². The molecule has 0 aliphatic carbocycles. The van der Waals surface area contributed by atoms with Crippen molar-refractivity contribution in [2.75, 3.05) is 11.9 Å². The fourth-order valence-corrected chi connectivity index (χ4v) is 2.02. The van der Waals surface area contributed by atoms with Crippen LogP contribution < -0.4 is 10.6 Å². The summed E-state index contributed by atoms with van der Waals surface area (Å²) < 4.78 is 1.52. The Bertz CT molecular complexity index is 693. The molecule has 2 aromatic rings. The zero-order chi connectivity index (χ0) is 16.1. The number of hydrogen-bond donors (Lipinski definition) is 2. The van der Waals surface area contributed by atoms with E-state index in [0.29, 0.717) is 11.5 Å². The summed E-state index contributed by atoms with van der Waals surface area (Å²) in [6.07, 6.45) is 0.179. The lowest BCUT2D eigenvalue weighted by Crippen LogP contribution is -2.29. The molecule has 0 bridgehead atoms. The highest BCUT2D eigenvalue weighted by Gasteiger charge is 2.12. The van der Waals surface area contributed by atoms with E-state index in [-0.39, 0.29) is 24.8 Å². The normalized spacial score (nSPS) is 10.3. The van der Waals surface area contributed by atoms with E-state index in [4.69, 9.17) is 0 Å². The van der Waals surface area contributed by atoms with E-state index in [1.807, 2.05) is 26.0 Å². The van der Waals surface area contributed by atoms with E-state index in [1.54, 1.807) is 19.2 Å². The molecule has 0 aliphatic heterocycles. The number of aryl methyl sites for hydroxylation is 3. The average molecular weight is 301 g/mol. The van der Waals surface area contributed by atoms with Gasteiger partial charge in [0.1, 0.15) is 11.5 Å². The summed E-state index contributed by atoms with van der Waals surface area (Å²) in [5, 5.41) is 9.50. The lowest BCUT2D eigenvalue weighted by atomic mass is 10.3. The summed E-state index contributed by atoms with van der Waals surface area (Å²) >= 11 is 0. The number of carbonyl (C=O) groups is 2. The Balaban J connectivity index is 1.80. The van der Waals surface area contributed by atoms with Crippen molar-refractivity contribution in [3.63, 3.8) is 0 Å². The van der Waals surface area contributed by atoms with Crippen LogP contribution in [-0.2, 0) is 11.8 Å². The summed E-state index contributed by atoms with van der Waals surface area (Å²) in [5.74, 6) is 0.0720. The minimum atomic E-state index is -0.246. The molecule has 0 unspecified atom stereocenters. The molecule has 2 rings (SSSR count). The highest BCUT2D eigenvalue weighted by molar-refractivity contribution is 5.93.